The van der Waals surface area contributed by atoms with Crippen molar-refractivity contribution in [3.63, 3.8) is 0 Å². The maximum absolute atomic E-state index is 13.6. The molecular weight excluding hydrogens is 444 g/mol. The Morgan fingerprint density at radius 2 is 1.71 bits per heavy atom. The third-order valence-corrected chi connectivity index (χ3v) is 5.82. The maximum atomic E-state index is 13.6. The lowest BCUT2D eigenvalue weighted by Gasteiger charge is -2.12. The Bertz CT molecular complexity index is 1490. The molecule has 2 heterocycles. The number of terminal acetylenes is 1. The Labute approximate surface area is 203 Å². The maximum Gasteiger partial charge on any atom is 0.332 e. The molecule has 2 aromatic heterocycles. The van der Waals surface area contributed by atoms with Crippen molar-refractivity contribution < 1.29 is 9.47 Å². The van der Waals surface area contributed by atoms with Crippen LogP contribution in [0.25, 0.3) is 11.2 Å². The summed E-state index contributed by atoms with van der Waals surface area (Å²) in [5.41, 5.74) is 2.66. The van der Waals surface area contributed by atoms with Gasteiger partial charge in [0, 0.05) is 32.4 Å². The van der Waals surface area contributed by atoms with E-state index in [2.05, 4.69) is 10.9 Å². The molecule has 8 heteroatoms. The first kappa shape index (κ1) is 24.0. The normalized spacial score (nSPS) is 11.0. The molecule has 2 aromatic carbocycles. The molecule has 35 heavy (non-hydrogen) atoms. The quantitative estimate of drug-likeness (QED) is 0.275. The SMILES string of the molecule is C#Cc1ccc(Oc2nc3c(c(=O)n(CCCOC)c(=O)n3CC)n2Cc2ccc(C)cc2)cc1. The first-order valence-electron chi connectivity index (χ1n) is 11.5. The van der Waals surface area contributed by atoms with Gasteiger partial charge in [0.1, 0.15) is 5.75 Å². The van der Waals surface area contributed by atoms with E-state index in [-0.39, 0.29) is 12.6 Å². The highest BCUT2D eigenvalue weighted by atomic mass is 16.5. The second kappa shape index (κ2) is 10.5. The van der Waals surface area contributed by atoms with Gasteiger partial charge in [-0.1, -0.05) is 35.7 Å². The van der Waals surface area contributed by atoms with Crippen LogP contribution in [0.1, 0.15) is 30.0 Å². The summed E-state index contributed by atoms with van der Waals surface area (Å²) in [6.45, 7) is 5.27. The molecule has 4 aromatic rings. The van der Waals surface area contributed by atoms with Crippen LogP contribution in [-0.4, -0.2) is 32.4 Å². The topological polar surface area (TPSA) is 80.3 Å². The molecule has 0 spiro atoms. The molecule has 0 amide bonds. The minimum atomic E-state index is -0.400. The van der Waals surface area contributed by atoms with Crippen LogP contribution in [0.5, 0.6) is 11.8 Å². The lowest BCUT2D eigenvalue weighted by Crippen LogP contribution is -2.40. The van der Waals surface area contributed by atoms with Gasteiger partial charge in [-0.3, -0.25) is 18.5 Å². The summed E-state index contributed by atoms with van der Waals surface area (Å²) in [4.78, 5) is 31.4. The zero-order valence-corrected chi connectivity index (χ0v) is 20.2. The molecule has 0 bridgehead atoms. The van der Waals surface area contributed by atoms with Crippen molar-refractivity contribution >= 4 is 11.2 Å². The van der Waals surface area contributed by atoms with Gasteiger partial charge in [-0.25, -0.2) is 4.79 Å². The Morgan fingerprint density at radius 1 is 1.00 bits per heavy atom. The number of methoxy groups -OCH3 is 1. The summed E-state index contributed by atoms with van der Waals surface area (Å²) in [5.74, 6) is 3.10. The molecule has 0 aliphatic heterocycles. The van der Waals surface area contributed by atoms with Crippen LogP contribution in [0.3, 0.4) is 0 Å². The fourth-order valence-electron chi connectivity index (χ4n) is 3.95. The van der Waals surface area contributed by atoms with Gasteiger partial charge in [-0.05, 0) is 50.1 Å². The van der Waals surface area contributed by atoms with Crippen molar-refractivity contribution in [1.29, 1.82) is 0 Å². The molecular formula is C27H28N4O4. The van der Waals surface area contributed by atoms with E-state index >= 15 is 0 Å². The van der Waals surface area contributed by atoms with Gasteiger partial charge in [0.15, 0.2) is 11.2 Å². The Balaban J connectivity index is 1.91. The first-order chi connectivity index (χ1) is 17.0. The summed E-state index contributed by atoms with van der Waals surface area (Å²) < 4.78 is 15.7. The van der Waals surface area contributed by atoms with Crippen molar-refractivity contribution in [2.75, 3.05) is 13.7 Å². The van der Waals surface area contributed by atoms with Crippen molar-refractivity contribution in [2.45, 2.75) is 39.9 Å². The van der Waals surface area contributed by atoms with Gasteiger partial charge in [-0.15, -0.1) is 6.42 Å². The third kappa shape index (κ3) is 4.91. The number of nitrogens with zero attached hydrogens (tertiary/aromatic N) is 4. The Morgan fingerprint density at radius 3 is 2.34 bits per heavy atom. The fraction of sp³-hybridized carbons (Fsp3) is 0.296. The number of hydrogen-bond donors (Lipinski definition) is 0. The van der Waals surface area contributed by atoms with Gasteiger partial charge in [-0.2, -0.15) is 4.98 Å². The summed E-state index contributed by atoms with van der Waals surface area (Å²) >= 11 is 0. The van der Waals surface area contributed by atoms with Gasteiger partial charge >= 0.3 is 11.7 Å². The summed E-state index contributed by atoms with van der Waals surface area (Å²) in [5, 5.41) is 0. The summed E-state index contributed by atoms with van der Waals surface area (Å²) in [7, 11) is 1.59. The number of imidazole rings is 1. The number of benzene rings is 2. The highest BCUT2D eigenvalue weighted by Gasteiger charge is 2.22. The Hall–Kier alpha value is -4.09. The predicted molar refractivity (Wildman–Crippen MR) is 135 cm³/mol. The fourth-order valence-corrected chi connectivity index (χ4v) is 3.95. The smallest absolute Gasteiger partial charge is 0.332 e. The number of rotatable bonds is 9. The van der Waals surface area contributed by atoms with Crippen molar-refractivity contribution in [3.05, 3.63) is 86.1 Å². The molecule has 0 aliphatic carbocycles. The summed E-state index contributed by atoms with van der Waals surface area (Å²) in [6.07, 6.45) is 6.00. The average Bonchev–Trinajstić information content (AvgIpc) is 3.21. The molecule has 0 saturated carbocycles. The predicted octanol–water partition coefficient (Wildman–Crippen LogP) is 3.55. The number of aromatic nitrogens is 4. The first-order valence-corrected chi connectivity index (χ1v) is 11.5. The van der Waals surface area contributed by atoms with Crippen molar-refractivity contribution in [2.24, 2.45) is 0 Å². The van der Waals surface area contributed by atoms with Crippen molar-refractivity contribution in [3.8, 4) is 24.1 Å². The monoisotopic (exact) mass is 472 g/mol. The van der Waals surface area contributed by atoms with E-state index in [4.69, 9.17) is 15.9 Å². The van der Waals surface area contributed by atoms with Gasteiger partial charge in [0.25, 0.3) is 5.56 Å². The van der Waals surface area contributed by atoms with Crippen LogP contribution in [0.4, 0.5) is 0 Å². The largest absolute Gasteiger partial charge is 0.425 e. The van der Waals surface area contributed by atoms with Crippen LogP contribution in [-0.2, 0) is 24.4 Å². The lowest BCUT2D eigenvalue weighted by atomic mass is 10.1. The van der Waals surface area contributed by atoms with E-state index in [1.54, 1.807) is 35.9 Å². The van der Waals surface area contributed by atoms with E-state index in [0.29, 0.717) is 43.0 Å². The molecule has 0 saturated heterocycles. The Kier molecular flexibility index (Phi) is 7.18. The van der Waals surface area contributed by atoms with E-state index in [9.17, 15) is 9.59 Å². The summed E-state index contributed by atoms with van der Waals surface area (Å²) in [6, 6.07) is 15.3. The highest BCUT2D eigenvalue weighted by Crippen LogP contribution is 2.26. The molecule has 0 N–H and O–H groups in total. The van der Waals surface area contributed by atoms with Crippen LogP contribution in [0.2, 0.25) is 0 Å². The van der Waals surface area contributed by atoms with E-state index in [0.717, 1.165) is 16.7 Å². The number of fused-ring (bicyclic) bond motifs is 1. The van der Waals surface area contributed by atoms with E-state index < -0.39 is 11.2 Å². The third-order valence-electron chi connectivity index (χ3n) is 5.82. The van der Waals surface area contributed by atoms with Gasteiger partial charge in [0.2, 0.25) is 0 Å². The molecule has 4 rings (SSSR count). The molecule has 0 radical (unpaired) electrons. The molecule has 180 valence electrons. The average molecular weight is 473 g/mol. The minimum absolute atomic E-state index is 0.224. The van der Waals surface area contributed by atoms with Gasteiger partial charge < -0.3 is 9.47 Å². The number of ether oxygens (including phenoxy) is 2. The second-order valence-electron chi connectivity index (χ2n) is 8.24. The van der Waals surface area contributed by atoms with Crippen LogP contribution in [0, 0.1) is 19.3 Å². The van der Waals surface area contributed by atoms with Crippen molar-refractivity contribution in [1.82, 2.24) is 18.7 Å². The minimum Gasteiger partial charge on any atom is -0.425 e. The number of aryl methyl sites for hydroxylation is 2. The molecule has 8 nitrogen and oxygen atoms in total. The standard InChI is InChI=1S/C27H28N4O4/c1-5-20-12-14-22(15-13-20)35-26-28-24-23(31(26)18-21-10-8-19(3)9-11-21)25(32)30(16-7-17-34-4)27(33)29(24)6-2/h1,8-15H,6-7,16-18H2,2-4H3. The van der Waals surface area contributed by atoms with Crippen LogP contribution < -0.4 is 16.0 Å². The van der Waals surface area contributed by atoms with Gasteiger partial charge in [0.05, 0.1) is 6.54 Å². The molecule has 0 fully saturated rings. The zero-order chi connectivity index (χ0) is 24.9. The second-order valence-corrected chi connectivity index (χ2v) is 8.24. The van der Waals surface area contributed by atoms with Crippen LogP contribution in [0.15, 0.2) is 58.1 Å². The lowest BCUT2D eigenvalue weighted by molar-refractivity contribution is 0.189. The molecule has 0 atom stereocenters. The molecule has 0 aliphatic rings. The highest BCUT2D eigenvalue weighted by molar-refractivity contribution is 5.72. The zero-order valence-electron chi connectivity index (χ0n) is 20.2. The number of hydrogen-bond acceptors (Lipinski definition) is 5. The van der Waals surface area contributed by atoms with E-state index in [1.165, 1.54) is 9.13 Å². The van der Waals surface area contributed by atoms with Crippen LogP contribution >= 0.6 is 0 Å². The van der Waals surface area contributed by atoms with E-state index in [1.807, 2.05) is 38.1 Å². The molecule has 0 unspecified atom stereocenters.